The number of benzene rings is 4. The van der Waals surface area contributed by atoms with Gasteiger partial charge >= 0.3 is 0 Å². The molecule has 5 aromatic rings. The molecule has 1 N–H and O–H groups in total. The van der Waals surface area contributed by atoms with E-state index in [1.54, 1.807) is 47.7 Å². The molecule has 0 atom stereocenters. The van der Waals surface area contributed by atoms with Crippen molar-refractivity contribution in [2.75, 3.05) is 30.4 Å². The first kappa shape index (κ1) is 28.1. The number of fused-ring (bicyclic) bond motifs is 1. The Morgan fingerprint density at radius 2 is 1.54 bits per heavy atom. The average molecular weight is 588 g/mol. The SMILES string of the molecule is COc1ccc(N(CC(=O)Nc2ccc(-c3nc4ccc(C)cc4s3)cc2)S(=O)(=O)c2ccc(C)cc2)cc1OC. The number of hydrogen-bond acceptors (Lipinski definition) is 7. The summed E-state index contributed by atoms with van der Waals surface area (Å²) in [5.74, 6) is 0.283. The normalized spacial score (nSPS) is 11.3. The fourth-order valence-corrected chi connectivity index (χ4v) is 6.80. The lowest BCUT2D eigenvalue weighted by atomic mass is 10.2. The zero-order valence-electron chi connectivity index (χ0n) is 23.0. The van der Waals surface area contributed by atoms with Crippen molar-refractivity contribution in [3.63, 3.8) is 0 Å². The number of nitrogens with one attached hydrogen (secondary N) is 1. The number of ether oxygens (including phenoxy) is 2. The minimum atomic E-state index is -4.09. The lowest BCUT2D eigenvalue weighted by Gasteiger charge is -2.25. The van der Waals surface area contributed by atoms with Gasteiger partial charge in [0.1, 0.15) is 11.6 Å². The molecule has 210 valence electrons. The van der Waals surface area contributed by atoms with Crippen molar-refractivity contribution < 1.29 is 22.7 Å². The molecular formula is C31H29N3O5S2. The maximum absolute atomic E-state index is 13.8. The number of carbonyl (C=O) groups excluding carboxylic acids is 1. The first-order valence-electron chi connectivity index (χ1n) is 12.8. The van der Waals surface area contributed by atoms with Gasteiger partial charge in [-0.2, -0.15) is 0 Å². The number of aromatic nitrogens is 1. The van der Waals surface area contributed by atoms with Crippen LogP contribution in [0.25, 0.3) is 20.8 Å². The van der Waals surface area contributed by atoms with E-state index in [0.717, 1.165) is 30.7 Å². The maximum Gasteiger partial charge on any atom is 0.264 e. The van der Waals surface area contributed by atoms with Crippen LogP contribution >= 0.6 is 11.3 Å². The molecule has 0 bridgehead atoms. The van der Waals surface area contributed by atoms with E-state index >= 15 is 0 Å². The van der Waals surface area contributed by atoms with Crippen LogP contribution in [0.4, 0.5) is 11.4 Å². The number of anilines is 2. The molecule has 5 rings (SSSR count). The molecule has 10 heteroatoms. The highest BCUT2D eigenvalue weighted by Crippen LogP contribution is 2.34. The number of thiazole rings is 1. The van der Waals surface area contributed by atoms with Crippen LogP contribution in [0.5, 0.6) is 11.5 Å². The van der Waals surface area contributed by atoms with E-state index in [1.807, 2.05) is 31.2 Å². The minimum absolute atomic E-state index is 0.0704. The Morgan fingerprint density at radius 3 is 2.22 bits per heavy atom. The van der Waals surface area contributed by atoms with E-state index in [-0.39, 0.29) is 10.6 Å². The van der Waals surface area contributed by atoms with Gasteiger partial charge in [0.05, 0.1) is 35.0 Å². The van der Waals surface area contributed by atoms with Crippen LogP contribution in [0, 0.1) is 13.8 Å². The molecule has 0 unspecified atom stereocenters. The Labute approximate surface area is 243 Å². The van der Waals surface area contributed by atoms with Gasteiger partial charge in [-0.3, -0.25) is 9.10 Å². The Bertz CT molecular complexity index is 1820. The Morgan fingerprint density at radius 1 is 0.854 bits per heavy atom. The van der Waals surface area contributed by atoms with Crippen LogP contribution in [-0.2, 0) is 14.8 Å². The molecule has 1 aromatic heterocycles. The van der Waals surface area contributed by atoms with E-state index in [4.69, 9.17) is 14.5 Å². The van der Waals surface area contributed by atoms with Gasteiger partial charge in [0, 0.05) is 17.3 Å². The summed E-state index contributed by atoms with van der Waals surface area (Å²) in [6.07, 6.45) is 0. The molecule has 0 spiro atoms. The number of hydrogen-bond donors (Lipinski definition) is 1. The molecule has 0 saturated carbocycles. The number of carbonyl (C=O) groups is 1. The van der Waals surface area contributed by atoms with Gasteiger partial charge in [0.2, 0.25) is 5.91 Å². The third-order valence-corrected chi connectivity index (χ3v) is 9.37. The van der Waals surface area contributed by atoms with E-state index < -0.39 is 22.5 Å². The third kappa shape index (κ3) is 6.03. The molecule has 4 aromatic carbocycles. The first-order chi connectivity index (χ1) is 19.7. The van der Waals surface area contributed by atoms with Gasteiger partial charge in [-0.25, -0.2) is 13.4 Å². The van der Waals surface area contributed by atoms with Gasteiger partial charge in [-0.1, -0.05) is 23.8 Å². The van der Waals surface area contributed by atoms with E-state index in [1.165, 1.54) is 38.0 Å². The van der Waals surface area contributed by atoms with E-state index in [9.17, 15) is 13.2 Å². The summed E-state index contributed by atoms with van der Waals surface area (Å²) in [6.45, 7) is 3.47. The predicted molar refractivity (Wildman–Crippen MR) is 164 cm³/mol. The predicted octanol–water partition coefficient (Wildman–Crippen LogP) is 6.43. The second kappa shape index (κ2) is 11.6. The highest BCUT2D eigenvalue weighted by Gasteiger charge is 2.28. The quantitative estimate of drug-likeness (QED) is 0.213. The van der Waals surface area contributed by atoms with Crippen molar-refractivity contribution in [3.05, 3.63) is 96.1 Å². The Balaban J connectivity index is 1.40. The molecule has 0 aliphatic carbocycles. The number of amides is 1. The second-order valence-corrected chi connectivity index (χ2v) is 12.4. The summed E-state index contributed by atoms with van der Waals surface area (Å²) in [7, 11) is -1.13. The first-order valence-corrected chi connectivity index (χ1v) is 15.0. The molecule has 0 aliphatic heterocycles. The molecule has 41 heavy (non-hydrogen) atoms. The summed E-state index contributed by atoms with van der Waals surface area (Å²) < 4.78 is 40.4. The summed E-state index contributed by atoms with van der Waals surface area (Å²) in [6, 6.07) is 24.7. The van der Waals surface area contributed by atoms with Crippen LogP contribution in [-0.4, -0.2) is 40.1 Å². The Kier molecular flexibility index (Phi) is 7.96. The van der Waals surface area contributed by atoms with Crippen molar-refractivity contribution in [1.29, 1.82) is 0 Å². The molecule has 8 nitrogen and oxygen atoms in total. The molecule has 0 radical (unpaired) electrons. The van der Waals surface area contributed by atoms with Crippen molar-refractivity contribution >= 4 is 48.9 Å². The molecule has 0 aliphatic rings. The number of nitrogens with zero attached hydrogens (tertiary/aromatic N) is 2. The van der Waals surface area contributed by atoms with Gasteiger partial charge in [0.15, 0.2) is 11.5 Å². The highest BCUT2D eigenvalue weighted by molar-refractivity contribution is 7.92. The summed E-state index contributed by atoms with van der Waals surface area (Å²) in [5.41, 5.74) is 4.77. The fourth-order valence-electron chi connectivity index (χ4n) is 4.31. The fraction of sp³-hybridized carbons (Fsp3) is 0.161. The van der Waals surface area contributed by atoms with E-state index in [0.29, 0.717) is 17.2 Å². The van der Waals surface area contributed by atoms with E-state index in [2.05, 4.69) is 18.3 Å². The molecular weight excluding hydrogens is 558 g/mol. The minimum Gasteiger partial charge on any atom is -0.493 e. The summed E-state index contributed by atoms with van der Waals surface area (Å²) in [5, 5.41) is 3.70. The van der Waals surface area contributed by atoms with Gasteiger partial charge < -0.3 is 14.8 Å². The summed E-state index contributed by atoms with van der Waals surface area (Å²) in [4.78, 5) is 18.0. The highest BCUT2D eigenvalue weighted by atomic mass is 32.2. The second-order valence-electron chi connectivity index (χ2n) is 9.48. The van der Waals surface area contributed by atoms with Crippen molar-refractivity contribution in [1.82, 2.24) is 4.98 Å². The monoisotopic (exact) mass is 587 g/mol. The average Bonchev–Trinajstić information content (AvgIpc) is 3.39. The zero-order chi connectivity index (χ0) is 29.1. The number of aryl methyl sites for hydroxylation is 2. The van der Waals surface area contributed by atoms with Crippen LogP contribution in [0.2, 0.25) is 0 Å². The van der Waals surface area contributed by atoms with Crippen molar-refractivity contribution in [2.45, 2.75) is 18.7 Å². The zero-order valence-corrected chi connectivity index (χ0v) is 24.7. The number of rotatable bonds is 9. The smallest absolute Gasteiger partial charge is 0.264 e. The Hall–Kier alpha value is -4.41. The van der Waals surface area contributed by atoms with Crippen LogP contribution in [0.3, 0.4) is 0 Å². The van der Waals surface area contributed by atoms with Crippen molar-refractivity contribution in [2.24, 2.45) is 0 Å². The molecule has 1 amide bonds. The molecule has 0 fully saturated rings. The molecule has 0 saturated heterocycles. The van der Waals surface area contributed by atoms with Crippen LogP contribution in [0.1, 0.15) is 11.1 Å². The lowest BCUT2D eigenvalue weighted by molar-refractivity contribution is -0.114. The van der Waals surface area contributed by atoms with Gasteiger partial charge in [-0.05, 0) is 80.1 Å². The topological polar surface area (TPSA) is 97.8 Å². The van der Waals surface area contributed by atoms with Crippen LogP contribution in [0.15, 0.2) is 89.8 Å². The maximum atomic E-state index is 13.8. The lowest BCUT2D eigenvalue weighted by Crippen LogP contribution is -2.38. The number of methoxy groups -OCH3 is 2. The largest absolute Gasteiger partial charge is 0.493 e. The molecule has 1 heterocycles. The van der Waals surface area contributed by atoms with Crippen molar-refractivity contribution in [3.8, 4) is 22.1 Å². The summed E-state index contributed by atoms with van der Waals surface area (Å²) >= 11 is 1.61. The van der Waals surface area contributed by atoms with Crippen LogP contribution < -0.4 is 19.1 Å². The number of sulfonamides is 1. The van der Waals surface area contributed by atoms with Gasteiger partial charge in [0.25, 0.3) is 10.0 Å². The standard InChI is InChI=1S/C31H29N3O5S2/c1-20-5-13-25(14-6-20)41(36,37)34(24-12-16-27(38-3)28(18-24)39-4)19-30(35)32-23-10-8-22(9-11-23)31-33-26-15-7-21(2)17-29(26)40-31/h5-18H,19H2,1-4H3,(H,32,35). The van der Waals surface area contributed by atoms with Gasteiger partial charge in [-0.15, -0.1) is 11.3 Å². The third-order valence-electron chi connectivity index (χ3n) is 6.51.